The minimum atomic E-state index is -1.01. The first-order chi connectivity index (χ1) is 17.6. The number of anilines is 3. The number of ether oxygens (including phenoxy) is 1. The number of halogens is 1. The Kier molecular flexibility index (Phi) is 7.19. The molecule has 2 aromatic heterocycles. The average Bonchev–Trinajstić information content (AvgIpc) is 3.32. The molecule has 2 unspecified atom stereocenters. The molecule has 2 aromatic carbocycles. The predicted molar refractivity (Wildman–Crippen MR) is 140 cm³/mol. The fourth-order valence-corrected chi connectivity index (χ4v) is 4.49. The molecule has 4 aromatic rings. The second-order valence-electron chi connectivity index (χ2n) is 8.49. The van der Waals surface area contributed by atoms with E-state index >= 15 is 0 Å². The van der Waals surface area contributed by atoms with E-state index in [1.165, 1.54) is 0 Å². The van der Waals surface area contributed by atoms with Crippen molar-refractivity contribution in [2.75, 3.05) is 24.3 Å². The summed E-state index contributed by atoms with van der Waals surface area (Å²) >= 11 is 6.20. The Morgan fingerprint density at radius 3 is 2.78 bits per heavy atom. The molecule has 1 aliphatic rings. The predicted octanol–water partition coefficient (Wildman–Crippen LogP) is 4.28. The standard InChI is InChI=1S/C25H29ClN8O2/c1-3-33-15-27-21-23(29-18-7-4-6-16(26)14-18)31-22(32-24(21)33)20-8-5-13-28-34(20)25(35)30-17-9-11-19(36-2)12-10-17/h4,6-7,9-12,14-15,20,25,28,30,35H,3,5,8,13H2,1-2H3,(H,29,31,32). The topological polar surface area (TPSA) is 112 Å². The van der Waals surface area contributed by atoms with Crippen LogP contribution < -0.4 is 20.8 Å². The molecule has 1 aliphatic heterocycles. The molecule has 0 saturated carbocycles. The lowest BCUT2D eigenvalue weighted by Crippen LogP contribution is -2.54. The van der Waals surface area contributed by atoms with Crippen molar-refractivity contribution in [3.63, 3.8) is 0 Å². The maximum Gasteiger partial charge on any atom is 0.197 e. The molecule has 1 saturated heterocycles. The highest BCUT2D eigenvalue weighted by Gasteiger charge is 2.32. The van der Waals surface area contributed by atoms with Gasteiger partial charge in [0.15, 0.2) is 29.2 Å². The molecule has 0 amide bonds. The van der Waals surface area contributed by atoms with Crippen molar-refractivity contribution < 1.29 is 9.84 Å². The van der Waals surface area contributed by atoms with Gasteiger partial charge < -0.3 is 25.0 Å². The summed E-state index contributed by atoms with van der Waals surface area (Å²) in [4.78, 5) is 14.3. The number of aromatic nitrogens is 4. The third kappa shape index (κ3) is 5.07. The van der Waals surface area contributed by atoms with E-state index in [4.69, 9.17) is 26.3 Å². The number of nitrogens with zero attached hydrogens (tertiary/aromatic N) is 5. The molecule has 2 atom stereocenters. The van der Waals surface area contributed by atoms with E-state index in [-0.39, 0.29) is 6.04 Å². The quantitative estimate of drug-likeness (QED) is 0.259. The van der Waals surface area contributed by atoms with E-state index < -0.39 is 6.35 Å². The monoisotopic (exact) mass is 508 g/mol. The van der Waals surface area contributed by atoms with Crippen LogP contribution >= 0.6 is 11.6 Å². The minimum Gasteiger partial charge on any atom is -0.497 e. The molecule has 188 valence electrons. The number of nitrogens with one attached hydrogen (secondary N) is 3. The number of imidazole rings is 1. The van der Waals surface area contributed by atoms with Gasteiger partial charge in [-0.25, -0.2) is 15.0 Å². The fraction of sp³-hybridized carbons (Fsp3) is 0.320. The van der Waals surface area contributed by atoms with Gasteiger partial charge in [0, 0.05) is 29.5 Å². The van der Waals surface area contributed by atoms with Gasteiger partial charge in [0.05, 0.1) is 19.5 Å². The third-order valence-corrected chi connectivity index (χ3v) is 6.38. The van der Waals surface area contributed by atoms with E-state index in [2.05, 4.69) is 21.0 Å². The molecule has 11 heteroatoms. The van der Waals surface area contributed by atoms with Crippen LogP contribution in [0.15, 0.2) is 54.9 Å². The lowest BCUT2D eigenvalue weighted by atomic mass is 10.1. The maximum absolute atomic E-state index is 11.1. The van der Waals surface area contributed by atoms with Crippen LogP contribution in [0.1, 0.15) is 31.6 Å². The van der Waals surface area contributed by atoms with Crippen LogP contribution in [0.25, 0.3) is 11.2 Å². The molecular weight excluding hydrogens is 480 g/mol. The SMILES string of the molecule is CCn1cnc2c(Nc3cccc(Cl)c3)nc(C3CCCNN3C(O)Nc3ccc(OC)cc3)nc21. The van der Waals surface area contributed by atoms with Gasteiger partial charge in [-0.2, -0.15) is 5.01 Å². The Bertz CT molecular complexity index is 1330. The second-order valence-corrected chi connectivity index (χ2v) is 8.92. The number of benzene rings is 2. The van der Waals surface area contributed by atoms with Gasteiger partial charge in [-0.1, -0.05) is 17.7 Å². The first-order valence-corrected chi connectivity index (χ1v) is 12.3. The Morgan fingerprint density at radius 1 is 1.19 bits per heavy atom. The highest BCUT2D eigenvalue weighted by atomic mass is 35.5. The van der Waals surface area contributed by atoms with Crippen molar-refractivity contribution in [3.05, 3.63) is 65.7 Å². The molecule has 36 heavy (non-hydrogen) atoms. The lowest BCUT2D eigenvalue weighted by Gasteiger charge is -2.38. The van der Waals surface area contributed by atoms with Gasteiger partial charge in [0.1, 0.15) is 5.75 Å². The lowest BCUT2D eigenvalue weighted by molar-refractivity contribution is -0.0643. The molecule has 1 fully saturated rings. The van der Waals surface area contributed by atoms with Crippen LogP contribution in [-0.2, 0) is 6.54 Å². The number of fused-ring (bicyclic) bond motifs is 1. The number of methoxy groups -OCH3 is 1. The number of rotatable bonds is 8. The summed E-state index contributed by atoms with van der Waals surface area (Å²) in [6, 6.07) is 14.6. The number of aliphatic hydroxyl groups is 1. The zero-order valence-electron chi connectivity index (χ0n) is 20.1. The maximum atomic E-state index is 11.1. The third-order valence-electron chi connectivity index (χ3n) is 6.14. The highest BCUT2D eigenvalue weighted by Crippen LogP contribution is 2.31. The van der Waals surface area contributed by atoms with Crippen molar-refractivity contribution in [2.45, 2.75) is 38.7 Å². The number of hydrogen-bond acceptors (Lipinski definition) is 9. The minimum absolute atomic E-state index is 0.274. The van der Waals surface area contributed by atoms with Crippen molar-refractivity contribution in [3.8, 4) is 5.75 Å². The summed E-state index contributed by atoms with van der Waals surface area (Å²) in [6.07, 6.45) is 2.45. The summed E-state index contributed by atoms with van der Waals surface area (Å²) in [5, 5.41) is 20.0. The molecule has 0 bridgehead atoms. The van der Waals surface area contributed by atoms with Gasteiger partial charge >= 0.3 is 0 Å². The molecular formula is C25H29ClN8O2. The molecule has 5 rings (SSSR count). The van der Waals surface area contributed by atoms with Crippen LogP contribution in [0.5, 0.6) is 5.75 Å². The van der Waals surface area contributed by atoms with E-state index in [1.807, 2.05) is 60.0 Å². The van der Waals surface area contributed by atoms with Gasteiger partial charge in [0.2, 0.25) is 0 Å². The number of aryl methyl sites for hydroxylation is 1. The van der Waals surface area contributed by atoms with Gasteiger partial charge in [-0.3, -0.25) is 5.43 Å². The molecule has 3 heterocycles. The summed E-state index contributed by atoms with van der Waals surface area (Å²) in [7, 11) is 1.62. The fourth-order valence-electron chi connectivity index (χ4n) is 4.30. The first kappa shape index (κ1) is 24.3. The van der Waals surface area contributed by atoms with Crippen molar-refractivity contribution in [2.24, 2.45) is 0 Å². The van der Waals surface area contributed by atoms with E-state index in [0.29, 0.717) is 22.2 Å². The largest absolute Gasteiger partial charge is 0.497 e. The van der Waals surface area contributed by atoms with E-state index in [9.17, 15) is 5.11 Å². The zero-order chi connectivity index (χ0) is 25.1. The first-order valence-electron chi connectivity index (χ1n) is 11.9. The van der Waals surface area contributed by atoms with Crippen molar-refractivity contribution in [1.82, 2.24) is 30.0 Å². The summed E-state index contributed by atoms with van der Waals surface area (Å²) in [6.45, 7) is 3.50. The zero-order valence-corrected chi connectivity index (χ0v) is 20.9. The van der Waals surface area contributed by atoms with Gasteiger partial charge in [0.25, 0.3) is 0 Å². The Morgan fingerprint density at radius 2 is 2.03 bits per heavy atom. The molecule has 10 nitrogen and oxygen atoms in total. The molecule has 4 N–H and O–H groups in total. The summed E-state index contributed by atoms with van der Waals surface area (Å²) < 4.78 is 7.21. The number of aliphatic hydroxyl groups excluding tert-OH is 1. The number of hydrazine groups is 1. The van der Waals surface area contributed by atoms with Crippen LogP contribution in [-0.4, -0.2) is 49.6 Å². The van der Waals surface area contributed by atoms with Crippen LogP contribution in [0, 0.1) is 0 Å². The smallest absolute Gasteiger partial charge is 0.197 e. The molecule has 0 radical (unpaired) electrons. The summed E-state index contributed by atoms with van der Waals surface area (Å²) in [5.74, 6) is 1.93. The average molecular weight is 509 g/mol. The van der Waals surface area contributed by atoms with Crippen LogP contribution in [0.4, 0.5) is 17.2 Å². The highest BCUT2D eigenvalue weighted by molar-refractivity contribution is 6.30. The van der Waals surface area contributed by atoms with Crippen LogP contribution in [0.3, 0.4) is 0 Å². The van der Waals surface area contributed by atoms with E-state index in [1.54, 1.807) is 18.4 Å². The Hall–Kier alpha value is -3.44. The Balaban J connectivity index is 1.48. The van der Waals surface area contributed by atoms with E-state index in [0.717, 1.165) is 48.7 Å². The van der Waals surface area contributed by atoms with Crippen molar-refractivity contribution in [1.29, 1.82) is 0 Å². The summed E-state index contributed by atoms with van der Waals surface area (Å²) in [5.41, 5.74) is 6.29. The van der Waals surface area contributed by atoms with Crippen molar-refractivity contribution >= 4 is 40.0 Å². The second kappa shape index (κ2) is 10.7. The van der Waals surface area contributed by atoms with Gasteiger partial charge in [-0.15, -0.1) is 0 Å². The van der Waals surface area contributed by atoms with Gasteiger partial charge in [-0.05, 0) is 62.2 Å². The molecule has 0 spiro atoms. The molecule has 0 aliphatic carbocycles. The van der Waals surface area contributed by atoms with Crippen LogP contribution in [0.2, 0.25) is 5.02 Å². The Labute approximate surface area is 214 Å². The number of hydrogen-bond donors (Lipinski definition) is 4. The normalized spacial score (nSPS) is 17.2.